The maximum Gasteiger partial charge on any atom is 0.164 e. The molecule has 3 aromatic heterocycles. The van der Waals surface area contributed by atoms with E-state index in [9.17, 15) is 0 Å². The molecule has 5 heteroatoms. The second-order valence-electron chi connectivity index (χ2n) is 15.9. The molecule has 5 nitrogen and oxygen atoms in total. The van der Waals surface area contributed by atoms with E-state index >= 15 is 0 Å². The molecule has 0 unspecified atom stereocenters. The van der Waals surface area contributed by atoms with Gasteiger partial charge in [-0.2, -0.15) is 0 Å². The minimum absolute atomic E-state index is 0.589. The zero-order valence-corrected chi connectivity index (χ0v) is 33.2. The highest BCUT2D eigenvalue weighted by Gasteiger charge is 2.19. The Balaban J connectivity index is 1.03. The van der Waals surface area contributed by atoms with Crippen LogP contribution in [0, 0.1) is 0 Å². The topological polar surface area (TPSA) is 65.0 Å². The van der Waals surface area contributed by atoms with Gasteiger partial charge in [0, 0.05) is 38.2 Å². The van der Waals surface area contributed by atoms with Crippen LogP contribution in [0.3, 0.4) is 0 Å². The van der Waals surface area contributed by atoms with Gasteiger partial charge in [-0.3, -0.25) is 0 Å². The van der Waals surface area contributed by atoms with Gasteiger partial charge in [-0.15, -0.1) is 0 Å². The highest BCUT2D eigenvalue weighted by Crippen LogP contribution is 2.42. The van der Waals surface area contributed by atoms with Crippen molar-refractivity contribution < 1.29 is 8.83 Å². The van der Waals surface area contributed by atoms with Crippen LogP contribution < -0.4 is 0 Å². The van der Waals surface area contributed by atoms with E-state index in [-0.39, 0.29) is 0 Å². The van der Waals surface area contributed by atoms with Crippen molar-refractivity contribution in [2.24, 2.45) is 0 Å². The predicted octanol–water partition coefficient (Wildman–Crippen LogP) is 15.5. The smallest absolute Gasteiger partial charge is 0.164 e. The number of para-hydroxylation sites is 2. The summed E-state index contributed by atoms with van der Waals surface area (Å²) in [6, 6.07) is 69.9. The van der Waals surface area contributed by atoms with Crippen LogP contribution in [0.25, 0.3) is 133 Å². The number of nitrogens with zero attached hydrogens (tertiary/aromatic N) is 3. The number of fused-ring (bicyclic) bond motifs is 10. The molecule has 0 aliphatic carbocycles. The lowest BCUT2D eigenvalue weighted by molar-refractivity contribution is 0.668. The maximum atomic E-state index is 6.37. The summed E-state index contributed by atoms with van der Waals surface area (Å²) in [7, 11) is 0. The molecule has 3 heterocycles. The molecule has 13 aromatic rings. The van der Waals surface area contributed by atoms with Crippen molar-refractivity contribution in [3.05, 3.63) is 200 Å². The van der Waals surface area contributed by atoms with Crippen LogP contribution in [0.1, 0.15) is 0 Å². The van der Waals surface area contributed by atoms with Crippen LogP contribution in [-0.4, -0.2) is 15.0 Å². The lowest BCUT2D eigenvalue weighted by Gasteiger charge is -2.14. The number of hydrogen-bond acceptors (Lipinski definition) is 5. The second-order valence-corrected chi connectivity index (χ2v) is 15.9. The van der Waals surface area contributed by atoms with Crippen molar-refractivity contribution in [1.29, 1.82) is 0 Å². The van der Waals surface area contributed by atoms with Gasteiger partial charge in [0.2, 0.25) is 0 Å². The molecule has 0 spiro atoms. The Morgan fingerprint density at radius 1 is 0.258 bits per heavy atom. The summed E-state index contributed by atoms with van der Waals surface area (Å²) in [5.41, 5.74) is 10.6. The highest BCUT2D eigenvalue weighted by atomic mass is 16.3. The minimum atomic E-state index is 0.589. The molecule has 0 bridgehead atoms. The number of aromatic nitrogens is 3. The number of rotatable bonds is 5. The standard InChI is InChI=1S/C57H33N3O2/c1-3-14-41-34(11-1)13-9-18-42(41)35-23-26-37(27-24-35)55-58-56(39-28-25-36-29-30-52-54(47(36)32-39)46-17-6-8-21-50(46)62-52)60-57(59-55)40-31-38-12-2-4-15-43(38)48(33-40)44-19-10-22-51-53(44)45-16-5-7-20-49(45)61-51/h1-33H. The highest BCUT2D eigenvalue weighted by molar-refractivity contribution is 6.19. The normalized spacial score (nSPS) is 11.9. The molecule has 13 rings (SSSR count). The zero-order chi connectivity index (χ0) is 40.7. The van der Waals surface area contributed by atoms with Gasteiger partial charge in [-0.1, -0.05) is 158 Å². The first-order valence-corrected chi connectivity index (χ1v) is 20.8. The van der Waals surface area contributed by atoms with Crippen molar-refractivity contribution in [1.82, 2.24) is 15.0 Å². The summed E-state index contributed by atoms with van der Waals surface area (Å²) in [5.74, 6) is 1.78. The summed E-state index contributed by atoms with van der Waals surface area (Å²) < 4.78 is 12.7. The average Bonchev–Trinajstić information content (AvgIpc) is 3.92. The van der Waals surface area contributed by atoms with Gasteiger partial charge in [0.05, 0.1) is 0 Å². The lowest BCUT2D eigenvalue weighted by Crippen LogP contribution is -2.00. The van der Waals surface area contributed by atoms with Crippen molar-refractivity contribution in [3.8, 4) is 56.4 Å². The largest absolute Gasteiger partial charge is 0.456 e. The molecule has 0 saturated carbocycles. The Morgan fingerprint density at radius 3 is 1.53 bits per heavy atom. The molecule has 62 heavy (non-hydrogen) atoms. The molecular formula is C57H33N3O2. The monoisotopic (exact) mass is 791 g/mol. The van der Waals surface area contributed by atoms with E-state index in [1.807, 2.05) is 30.3 Å². The van der Waals surface area contributed by atoms with Crippen molar-refractivity contribution >= 4 is 76.2 Å². The van der Waals surface area contributed by atoms with Gasteiger partial charge >= 0.3 is 0 Å². The summed E-state index contributed by atoms with van der Waals surface area (Å²) in [6.07, 6.45) is 0. The SMILES string of the molecule is c1ccc2c(-c3ccc(-c4nc(-c5cc(-c6cccc7oc8ccccc8c67)c6ccccc6c5)nc(-c5ccc6ccc7oc8ccccc8c7c6c5)n4)cc3)cccc2c1. The fourth-order valence-corrected chi connectivity index (χ4v) is 9.38. The second kappa shape index (κ2) is 13.6. The van der Waals surface area contributed by atoms with Crippen molar-refractivity contribution in [3.63, 3.8) is 0 Å². The summed E-state index contributed by atoms with van der Waals surface area (Å²) >= 11 is 0. The van der Waals surface area contributed by atoms with Crippen LogP contribution >= 0.6 is 0 Å². The van der Waals surface area contributed by atoms with Crippen LogP contribution in [0.15, 0.2) is 209 Å². The summed E-state index contributed by atoms with van der Waals surface area (Å²) in [6.45, 7) is 0. The van der Waals surface area contributed by atoms with E-state index in [1.165, 1.54) is 16.3 Å². The van der Waals surface area contributed by atoms with Gasteiger partial charge in [-0.05, 0) is 97.0 Å². The van der Waals surface area contributed by atoms with Crippen molar-refractivity contribution in [2.75, 3.05) is 0 Å². The average molecular weight is 792 g/mol. The van der Waals surface area contributed by atoms with Gasteiger partial charge < -0.3 is 8.83 Å². The predicted molar refractivity (Wildman–Crippen MR) is 254 cm³/mol. The molecule has 0 aliphatic rings. The molecule has 288 valence electrons. The fraction of sp³-hybridized carbons (Fsp3) is 0. The fourth-order valence-electron chi connectivity index (χ4n) is 9.38. The van der Waals surface area contributed by atoms with E-state index in [1.54, 1.807) is 0 Å². The first kappa shape index (κ1) is 34.5. The van der Waals surface area contributed by atoms with Crippen LogP contribution in [0.4, 0.5) is 0 Å². The number of hydrogen-bond donors (Lipinski definition) is 0. The summed E-state index contributed by atoms with van der Waals surface area (Å²) in [4.78, 5) is 15.8. The van der Waals surface area contributed by atoms with Gasteiger partial charge in [0.25, 0.3) is 0 Å². The molecule has 0 saturated heterocycles. The number of furan rings is 2. The van der Waals surface area contributed by atoms with Crippen LogP contribution in [-0.2, 0) is 0 Å². The van der Waals surface area contributed by atoms with E-state index in [2.05, 4.69) is 170 Å². The Hall–Kier alpha value is -8.41. The van der Waals surface area contributed by atoms with Gasteiger partial charge in [0.1, 0.15) is 22.3 Å². The first-order chi connectivity index (χ1) is 30.7. The molecule has 0 radical (unpaired) electrons. The van der Waals surface area contributed by atoms with Crippen molar-refractivity contribution in [2.45, 2.75) is 0 Å². The molecule has 0 aliphatic heterocycles. The Kier molecular flexibility index (Phi) is 7.54. The molecule has 0 fully saturated rings. The van der Waals surface area contributed by atoms with E-state index < -0.39 is 0 Å². The zero-order valence-electron chi connectivity index (χ0n) is 33.2. The maximum absolute atomic E-state index is 6.37. The lowest BCUT2D eigenvalue weighted by atomic mass is 9.92. The Bertz CT molecular complexity index is 3930. The Morgan fingerprint density at radius 2 is 0.758 bits per heavy atom. The third kappa shape index (κ3) is 5.45. The van der Waals surface area contributed by atoms with E-state index in [0.29, 0.717) is 17.5 Å². The molecule has 0 N–H and O–H groups in total. The summed E-state index contributed by atoms with van der Waals surface area (Å²) in [5, 5.41) is 11.2. The van der Waals surface area contributed by atoms with Gasteiger partial charge in [0.15, 0.2) is 17.5 Å². The Labute approximate surface area is 355 Å². The van der Waals surface area contributed by atoms with Gasteiger partial charge in [-0.25, -0.2) is 15.0 Å². The third-order valence-corrected chi connectivity index (χ3v) is 12.3. The van der Waals surface area contributed by atoms with E-state index in [4.69, 9.17) is 23.8 Å². The quantitative estimate of drug-likeness (QED) is 0.174. The molecule has 0 amide bonds. The minimum Gasteiger partial charge on any atom is -0.456 e. The molecule has 10 aromatic carbocycles. The third-order valence-electron chi connectivity index (χ3n) is 12.3. The van der Waals surface area contributed by atoms with E-state index in [0.717, 1.165) is 98.8 Å². The van der Waals surface area contributed by atoms with Crippen LogP contribution in [0.2, 0.25) is 0 Å². The molecule has 0 atom stereocenters. The number of benzene rings is 10. The first-order valence-electron chi connectivity index (χ1n) is 20.8. The molecular weight excluding hydrogens is 759 g/mol. The van der Waals surface area contributed by atoms with Crippen LogP contribution in [0.5, 0.6) is 0 Å².